The lowest BCUT2D eigenvalue weighted by Crippen LogP contribution is -2.24. The van der Waals surface area contributed by atoms with Gasteiger partial charge in [0.2, 0.25) is 5.91 Å². The van der Waals surface area contributed by atoms with Crippen molar-refractivity contribution in [2.45, 2.75) is 12.8 Å². The first-order chi connectivity index (χ1) is 8.04. The molecule has 1 amide bonds. The van der Waals surface area contributed by atoms with Gasteiger partial charge in [-0.3, -0.25) is 9.59 Å². The molecular weight excluding hydrogens is 222 g/mol. The van der Waals surface area contributed by atoms with Crippen LogP contribution in [-0.4, -0.2) is 24.1 Å². The van der Waals surface area contributed by atoms with Crippen LogP contribution in [0.15, 0.2) is 18.2 Å². The second kappa shape index (κ2) is 4.08. The lowest BCUT2D eigenvalue weighted by Gasteiger charge is -2.13. The molecule has 0 bridgehead atoms. The van der Waals surface area contributed by atoms with Crippen LogP contribution in [-0.2, 0) is 9.59 Å². The van der Waals surface area contributed by atoms with Crippen molar-refractivity contribution in [2.24, 2.45) is 5.92 Å². The van der Waals surface area contributed by atoms with E-state index in [1.54, 1.807) is 18.2 Å². The molecule has 0 saturated heterocycles. The number of benzene rings is 1. The number of carboxylic acid groups (broad SMARTS) is 1. The summed E-state index contributed by atoms with van der Waals surface area (Å²) in [7, 11) is 1.53. The molecule has 90 valence electrons. The van der Waals surface area contributed by atoms with Crippen LogP contribution in [0.5, 0.6) is 5.75 Å². The minimum absolute atomic E-state index is 0.275. The molecule has 2 N–H and O–H groups in total. The highest BCUT2D eigenvalue weighted by atomic mass is 16.5. The van der Waals surface area contributed by atoms with Crippen molar-refractivity contribution in [2.75, 3.05) is 12.4 Å². The minimum atomic E-state index is -0.985. The molecule has 1 heterocycles. The van der Waals surface area contributed by atoms with Crippen molar-refractivity contribution in [1.29, 1.82) is 0 Å². The number of methoxy groups -OCH3 is 1. The molecule has 0 aliphatic carbocycles. The van der Waals surface area contributed by atoms with Gasteiger partial charge in [0, 0.05) is 5.69 Å². The molecule has 1 aromatic rings. The van der Waals surface area contributed by atoms with Crippen LogP contribution in [0.4, 0.5) is 5.69 Å². The number of nitrogens with one attached hydrogen (secondary N) is 1. The van der Waals surface area contributed by atoms with Gasteiger partial charge >= 0.3 is 5.97 Å². The number of ether oxygens (including phenoxy) is 1. The number of hydrogen-bond acceptors (Lipinski definition) is 3. The Bertz CT molecular complexity index is 483. The smallest absolute Gasteiger partial charge is 0.307 e. The molecular formula is C12H13NO4. The lowest BCUT2D eigenvalue weighted by atomic mass is 9.88. The Morgan fingerprint density at radius 3 is 2.82 bits per heavy atom. The maximum Gasteiger partial charge on any atom is 0.307 e. The Morgan fingerprint density at radius 1 is 1.53 bits per heavy atom. The number of amides is 1. The van der Waals surface area contributed by atoms with Gasteiger partial charge in [0.1, 0.15) is 5.75 Å². The van der Waals surface area contributed by atoms with Crippen LogP contribution in [0.1, 0.15) is 18.4 Å². The number of fused-ring (bicyclic) bond motifs is 1. The predicted octanol–water partition coefficient (Wildman–Crippen LogP) is 1.45. The van der Waals surface area contributed by atoms with E-state index in [0.29, 0.717) is 17.0 Å². The van der Waals surface area contributed by atoms with E-state index in [1.165, 1.54) is 14.0 Å². The Hall–Kier alpha value is -2.04. The molecule has 5 nitrogen and oxygen atoms in total. The van der Waals surface area contributed by atoms with Gasteiger partial charge in [-0.1, -0.05) is 6.92 Å². The molecule has 1 aliphatic rings. The van der Waals surface area contributed by atoms with E-state index in [2.05, 4.69) is 5.32 Å². The Balaban J connectivity index is 2.44. The molecule has 0 saturated carbocycles. The number of carboxylic acids is 1. The normalized spacial score (nSPS) is 19.4. The van der Waals surface area contributed by atoms with Gasteiger partial charge in [0.25, 0.3) is 0 Å². The van der Waals surface area contributed by atoms with E-state index < -0.39 is 17.8 Å². The first kappa shape index (κ1) is 11.4. The summed E-state index contributed by atoms with van der Waals surface area (Å²) < 4.78 is 5.08. The van der Waals surface area contributed by atoms with Crippen molar-refractivity contribution in [3.63, 3.8) is 0 Å². The van der Waals surface area contributed by atoms with Crippen molar-refractivity contribution in [3.05, 3.63) is 23.8 Å². The Kier molecular flexibility index (Phi) is 2.75. The van der Waals surface area contributed by atoms with E-state index in [0.717, 1.165) is 0 Å². The first-order valence-corrected chi connectivity index (χ1v) is 5.26. The van der Waals surface area contributed by atoms with Gasteiger partial charge in [-0.25, -0.2) is 0 Å². The molecule has 2 unspecified atom stereocenters. The third kappa shape index (κ3) is 1.84. The number of aliphatic carboxylic acids is 1. The number of carbonyl (C=O) groups excluding carboxylic acids is 1. The van der Waals surface area contributed by atoms with Gasteiger partial charge in [-0.2, -0.15) is 0 Å². The van der Waals surface area contributed by atoms with Gasteiger partial charge < -0.3 is 15.2 Å². The average Bonchev–Trinajstić information content (AvgIpc) is 2.62. The van der Waals surface area contributed by atoms with Crippen molar-refractivity contribution >= 4 is 17.6 Å². The molecule has 17 heavy (non-hydrogen) atoms. The summed E-state index contributed by atoms with van der Waals surface area (Å²) in [5, 5.41) is 11.7. The highest BCUT2D eigenvalue weighted by Gasteiger charge is 2.38. The summed E-state index contributed by atoms with van der Waals surface area (Å²) in [6.07, 6.45) is 0. The molecule has 2 atom stereocenters. The third-order valence-electron chi connectivity index (χ3n) is 3.02. The quantitative estimate of drug-likeness (QED) is 0.831. The number of hydrogen-bond donors (Lipinski definition) is 2. The summed E-state index contributed by atoms with van der Waals surface area (Å²) >= 11 is 0. The van der Waals surface area contributed by atoms with Crippen LogP contribution in [0, 0.1) is 5.92 Å². The Labute approximate surface area is 98.4 Å². The molecule has 2 rings (SSSR count). The second-order valence-electron chi connectivity index (χ2n) is 4.05. The molecule has 0 spiro atoms. The van der Waals surface area contributed by atoms with Crippen molar-refractivity contribution in [3.8, 4) is 5.75 Å². The van der Waals surface area contributed by atoms with Crippen molar-refractivity contribution < 1.29 is 19.4 Å². The SMILES string of the molecule is COc1ccc2c(c1)C(C(C)C(=O)O)C(=O)N2. The van der Waals surface area contributed by atoms with Crippen LogP contribution >= 0.6 is 0 Å². The van der Waals surface area contributed by atoms with E-state index >= 15 is 0 Å². The zero-order valence-electron chi connectivity index (χ0n) is 9.56. The lowest BCUT2D eigenvalue weighted by molar-refractivity contribution is -0.143. The summed E-state index contributed by atoms with van der Waals surface area (Å²) in [6, 6.07) is 5.16. The summed E-state index contributed by atoms with van der Waals surface area (Å²) in [4.78, 5) is 22.7. The monoisotopic (exact) mass is 235 g/mol. The van der Waals surface area contributed by atoms with Gasteiger partial charge in [-0.05, 0) is 23.8 Å². The largest absolute Gasteiger partial charge is 0.497 e. The van der Waals surface area contributed by atoms with Crippen molar-refractivity contribution in [1.82, 2.24) is 0 Å². The number of carbonyl (C=O) groups is 2. The van der Waals surface area contributed by atoms with Crippen LogP contribution in [0.25, 0.3) is 0 Å². The zero-order valence-corrected chi connectivity index (χ0v) is 9.56. The van der Waals surface area contributed by atoms with Gasteiger partial charge in [0.05, 0.1) is 18.9 Å². The topological polar surface area (TPSA) is 75.6 Å². The van der Waals surface area contributed by atoms with E-state index in [9.17, 15) is 9.59 Å². The summed E-state index contributed by atoms with van der Waals surface area (Å²) in [6.45, 7) is 1.53. The maximum atomic E-state index is 11.8. The maximum absolute atomic E-state index is 11.8. The molecule has 1 aromatic carbocycles. The van der Waals surface area contributed by atoms with E-state index in [1.807, 2.05) is 0 Å². The van der Waals surface area contributed by atoms with Crippen LogP contribution in [0.3, 0.4) is 0 Å². The summed E-state index contributed by atoms with van der Waals surface area (Å²) in [5.41, 5.74) is 1.35. The highest BCUT2D eigenvalue weighted by Crippen LogP contribution is 2.39. The minimum Gasteiger partial charge on any atom is -0.497 e. The van der Waals surface area contributed by atoms with Crippen LogP contribution < -0.4 is 10.1 Å². The van der Waals surface area contributed by atoms with Gasteiger partial charge in [-0.15, -0.1) is 0 Å². The Morgan fingerprint density at radius 2 is 2.24 bits per heavy atom. The first-order valence-electron chi connectivity index (χ1n) is 5.26. The number of rotatable bonds is 3. The molecule has 5 heteroatoms. The fourth-order valence-electron chi connectivity index (χ4n) is 2.03. The van der Waals surface area contributed by atoms with Crippen LogP contribution in [0.2, 0.25) is 0 Å². The zero-order chi connectivity index (χ0) is 12.6. The molecule has 0 fully saturated rings. The fraction of sp³-hybridized carbons (Fsp3) is 0.333. The van der Waals surface area contributed by atoms with Gasteiger partial charge in [0.15, 0.2) is 0 Å². The molecule has 0 radical (unpaired) electrons. The van der Waals surface area contributed by atoms with E-state index in [-0.39, 0.29) is 5.91 Å². The predicted molar refractivity (Wildman–Crippen MR) is 61.2 cm³/mol. The van der Waals surface area contributed by atoms with E-state index in [4.69, 9.17) is 9.84 Å². The molecule has 0 aromatic heterocycles. The third-order valence-corrected chi connectivity index (χ3v) is 3.02. The average molecular weight is 235 g/mol. The summed E-state index contributed by atoms with van der Waals surface area (Å²) in [5.74, 6) is -2.06. The standard InChI is InChI=1S/C12H13NO4/c1-6(12(15)16)10-8-5-7(17-2)3-4-9(8)13-11(10)14/h3-6,10H,1-2H3,(H,13,14)(H,15,16). The second-order valence-corrected chi connectivity index (χ2v) is 4.05. The fourth-order valence-corrected chi connectivity index (χ4v) is 2.03. The number of anilines is 1. The molecule has 1 aliphatic heterocycles. The highest BCUT2D eigenvalue weighted by molar-refractivity contribution is 6.05.